The maximum Gasteiger partial charge on any atom is 0.192 e. The van der Waals surface area contributed by atoms with E-state index >= 15 is 0 Å². The van der Waals surface area contributed by atoms with Gasteiger partial charge in [-0.15, -0.1) is 0 Å². The Balaban J connectivity index is 2.15. The van der Waals surface area contributed by atoms with Crippen LogP contribution < -0.4 is 5.73 Å². The Kier molecular flexibility index (Phi) is 7.67. The maximum absolute atomic E-state index is 10.3. The van der Waals surface area contributed by atoms with Gasteiger partial charge in [-0.25, -0.2) is 15.0 Å². The summed E-state index contributed by atoms with van der Waals surface area (Å²) in [5.74, 6) is 0.314. The summed E-state index contributed by atoms with van der Waals surface area (Å²) in [5.41, 5.74) is 7.19. The van der Waals surface area contributed by atoms with Crippen LogP contribution >= 0.6 is 22.6 Å². The smallest absolute Gasteiger partial charge is 0.192 e. The number of halogens is 1. The molecule has 1 aliphatic rings. The second-order valence-electron chi connectivity index (χ2n) is 12.1. The van der Waals surface area contributed by atoms with Crippen LogP contribution in [0.3, 0.4) is 0 Å². The molecule has 3 heterocycles. The molecule has 0 aliphatic carbocycles. The molecule has 4 atom stereocenters. The summed E-state index contributed by atoms with van der Waals surface area (Å²) in [5, 5.41) is 10.3. The van der Waals surface area contributed by atoms with Gasteiger partial charge in [-0.3, -0.25) is 4.57 Å². The van der Waals surface area contributed by atoms with Crippen LogP contribution in [0.5, 0.6) is 0 Å². The molecule has 0 spiro atoms. The molecule has 9 nitrogen and oxygen atoms in total. The second-order valence-corrected chi connectivity index (χ2v) is 22.6. The maximum atomic E-state index is 10.3. The third-order valence-corrected chi connectivity index (χ3v) is 17.4. The molecule has 0 saturated carbocycles. The Bertz CT molecular complexity index is 1030. The number of fused-ring (bicyclic) bond motifs is 1. The summed E-state index contributed by atoms with van der Waals surface area (Å²) in [6, 6.07) is 0. The quantitative estimate of drug-likeness (QED) is 0.271. The fraction of sp³-hybridized carbons (Fsp3) is 0.773. The molecule has 34 heavy (non-hydrogen) atoms. The number of anilines is 1. The van der Waals surface area contributed by atoms with Gasteiger partial charge in [-0.1, -0.05) is 41.5 Å². The molecule has 0 aromatic carbocycles. The standard InChI is InChI=1S/C22H40IN5O4Si2/c1-21(2,3)33(7,8)31-15-13(11-29)30-19(16(15)32-34(9,10)22(4,5)6)28-18-14(27-20(28)23)17(24)25-12-26-18/h12-13,15-16,19,29H,11H2,1-10H3,(H2,24,25,26)/t13-,15-,16-,19-/m1/s1. The molecule has 0 amide bonds. The van der Waals surface area contributed by atoms with Gasteiger partial charge in [0, 0.05) is 22.6 Å². The van der Waals surface area contributed by atoms with Gasteiger partial charge in [-0.05, 0) is 36.3 Å². The van der Waals surface area contributed by atoms with E-state index in [0.717, 1.165) is 0 Å². The van der Waals surface area contributed by atoms with Crippen molar-refractivity contribution >= 4 is 56.2 Å². The first-order valence-corrected chi connectivity index (χ1v) is 18.6. The highest BCUT2D eigenvalue weighted by Crippen LogP contribution is 2.46. The number of aromatic nitrogens is 4. The number of aliphatic hydroxyl groups excluding tert-OH is 1. The van der Waals surface area contributed by atoms with Crippen LogP contribution in [0.1, 0.15) is 47.8 Å². The van der Waals surface area contributed by atoms with E-state index in [0.29, 0.717) is 20.8 Å². The molecular formula is C22H40IN5O4Si2. The number of ether oxygens (including phenoxy) is 1. The van der Waals surface area contributed by atoms with Gasteiger partial charge in [0.15, 0.2) is 43.7 Å². The van der Waals surface area contributed by atoms with Crippen molar-refractivity contribution in [3.05, 3.63) is 10.2 Å². The van der Waals surface area contributed by atoms with Crippen LogP contribution in [0, 0.1) is 3.83 Å². The molecule has 192 valence electrons. The van der Waals surface area contributed by atoms with Crippen LogP contribution in [0.4, 0.5) is 5.82 Å². The molecule has 12 heteroatoms. The summed E-state index contributed by atoms with van der Waals surface area (Å²) in [6.07, 6.45) is -0.571. The third kappa shape index (κ3) is 5.09. The molecule has 3 N–H and O–H groups in total. The molecule has 2 aromatic rings. The first-order chi connectivity index (χ1) is 15.4. The number of nitrogens with zero attached hydrogens (tertiary/aromatic N) is 4. The largest absolute Gasteiger partial charge is 0.408 e. The number of imidazole rings is 1. The van der Waals surface area contributed by atoms with Gasteiger partial charge < -0.3 is 24.4 Å². The molecule has 1 fully saturated rings. The molecule has 1 saturated heterocycles. The van der Waals surface area contributed by atoms with Crippen molar-refractivity contribution < 1.29 is 18.7 Å². The monoisotopic (exact) mass is 621 g/mol. The minimum atomic E-state index is -2.25. The Morgan fingerprint density at radius 3 is 2.06 bits per heavy atom. The van der Waals surface area contributed by atoms with Crippen molar-refractivity contribution in [3.63, 3.8) is 0 Å². The van der Waals surface area contributed by atoms with E-state index in [1.807, 2.05) is 4.57 Å². The number of hydrogen-bond donors (Lipinski definition) is 2. The minimum Gasteiger partial charge on any atom is -0.408 e. The van der Waals surface area contributed by atoms with Crippen molar-refractivity contribution in [1.29, 1.82) is 0 Å². The SMILES string of the molecule is CC(C)(C)[Si](C)(C)O[C@@H]1[C@H](O[Si](C)(C)C(C)(C)C)[C@@H](CO)O[C@H]1n1c(I)nc2c(N)ncnc21. The van der Waals surface area contributed by atoms with Crippen LogP contribution in [0.15, 0.2) is 6.33 Å². The summed E-state index contributed by atoms with van der Waals surface area (Å²) in [6.45, 7) is 21.9. The first kappa shape index (κ1) is 27.9. The van der Waals surface area contributed by atoms with E-state index in [9.17, 15) is 5.11 Å². The predicted molar refractivity (Wildman–Crippen MR) is 148 cm³/mol. The highest BCUT2D eigenvalue weighted by molar-refractivity contribution is 14.1. The van der Waals surface area contributed by atoms with Crippen LogP contribution in [0.25, 0.3) is 11.2 Å². The van der Waals surface area contributed by atoms with Crippen molar-refractivity contribution in [3.8, 4) is 0 Å². The molecule has 0 bridgehead atoms. The normalized spacial score (nSPS) is 24.8. The molecule has 0 radical (unpaired) electrons. The lowest BCUT2D eigenvalue weighted by Crippen LogP contribution is -2.54. The topological polar surface area (TPSA) is 118 Å². The molecule has 2 aromatic heterocycles. The van der Waals surface area contributed by atoms with Crippen molar-refractivity contribution in [2.45, 2.75) is 102 Å². The molecular weight excluding hydrogens is 581 g/mol. The zero-order chi connectivity index (χ0) is 25.9. The Morgan fingerprint density at radius 1 is 1.03 bits per heavy atom. The summed E-state index contributed by atoms with van der Waals surface area (Å²) >= 11 is 2.16. The van der Waals surface area contributed by atoms with E-state index < -0.39 is 41.2 Å². The summed E-state index contributed by atoms with van der Waals surface area (Å²) in [7, 11) is -4.46. The van der Waals surface area contributed by atoms with E-state index in [1.54, 1.807) is 0 Å². The average Bonchev–Trinajstić information content (AvgIpc) is 3.17. The van der Waals surface area contributed by atoms with Gasteiger partial charge in [0.05, 0.1) is 6.61 Å². The number of nitrogens with two attached hydrogens (primary N) is 1. The number of hydrogen-bond acceptors (Lipinski definition) is 8. The van der Waals surface area contributed by atoms with Gasteiger partial charge in [0.2, 0.25) is 0 Å². The average molecular weight is 622 g/mol. The number of aliphatic hydroxyl groups is 1. The lowest BCUT2D eigenvalue weighted by Gasteiger charge is -2.44. The van der Waals surface area contributed by atoms with Crippen molar-refractivity contribution in [1.82, 2.24) is 19.5 Å². The zero-order valence-corrected chi connectivity index (χ0v) is 26.2. The van der Waals surface area contributed by atoms with E-state index in [4.69, 9.17) is 19.3 Å². The second kappa shape index (κ2) is 9.34. The Morgan fingerprint density at radius 2 is 1.56 bits per heavy atom. The Hall–Kier alpha value is -0.646. The molecule has 0 unspecified atom stereocenters. The van der Waals surface area contributed by atoms with Gasteiger partial charge >= 0.3 is 0 Å². The van der Waals surface area contributed by atoms with Crippen molar-refractivity contribution in [2.75, 3.05) is 12.3 Å². The molecule has 3 rings (SSSR count). The van der Waals surface area contributed by atoms with Gasteiger partial charge in [0.25, 0.3) is 0 Å². The van der Waals surface area contributed by atoms with Crippen LogP contribution in [-0.2, 0) is 13.6 Å². The van der Waals surface area contributed by atoms with E-state index in [1.165, 1.54) is 6.33 Å². The number of nitrogen functional groups attached to an aromatic ring is 1. The third-order valence-electron chi connectivity index (χ3n) is 7.66. The first-order valence-electron chi connectivity index (χ1n) is 11.7. The number of rotatable bonds is 6. The fourth-order valence-corrected chi connectivity index (χ4v) is 6.84. The van der Waals surface area contributed by atoms with Gasteiger partial charge in [0.1, 0.15) is 24.6 Å². The van der Waals surface area contributed by atoms with Crippen molar-refractivity contribution in [2.24, 2.45) is 0 Å². The predicted octanol–water partition coefficient (Wildman–Crippen LogP) is 4.68. The lowest BCUT2D eigenvalue weighted by molar-refractivity contribution is -0.0502. The van der Waals surface area contributed by atoms with E-state index in [-0.39, 0.29) is 16.7 Å². The van der Waals surface area contributed by atoms with E-state index in [2.05, 4.69) is 105 Å². The highest BCUT2D eigenvalue weighted by Gasteiger charge is 2.54. The van der Waals surface area contributed by atoms with Crippen LogP contribution in [-0.4, -0.2) is 66.2 Å². The zero-order valence-electron chi connectivity index (χ0n) is 22.0. The highest BCUT2D eigenvalue weighted by atomic mass is 127. The fourth-order valence-electron chi connectivity index (χ4n) is 3.49. The lowest BCUT2D eigenvalue weighted by atomic mass is 10.1. The Labute approximate surface area is 218 Å². The van der Waals surface area contributed by atoms with Crippen LogP contribution in [0.2, 0.25) is 36.3 Å². The summed E-state index contributed by atoms with van der Waals surface area (Å²) in [4.78, 5) is 13.2. The summed E-state index contributed by atoms with van der Waals surface area (Å²) < 4.78 is 23.0. The molecule has 1 aliphatic heterocycles. The van der Waals surface area contributed by atoms with Gasteiger partial charge in [-0.2, -0.15) is 0 Å². The minimum absolute atomic E-state index is 0.00951.